The maximum Gasteiger partial charge on any atom is 0.326 e. The molecule has 122 valence electrons. The summed E-state index contributed by atoms with van der Waals surface area (Å²) in [5.74, 6) is 0.585. The van der Waals surface area contributed by atoms with Crippen molar-refractivity contribution in [2.24, 2.45) is 17.8 Å². The first-order chi connectivity index (χ1) is 9.81. The van der Waals surface area contributed by atoms with Gasteiger partial charge in [-0.15, -0.1) is 0 Å². The second-order valence-electron chi connectivity index (χ2n) is 6.89. The van der Waals surface area contributed by atoms with Crippen LogP contribution in [0.3, 0.4) is 0 Å². The Bertz CT molecular complexity index is 355. The Kier molecular flexibility index (Phi) is 6.99. The second kappa shape index (κ2) is 8.25. The van der Waals surface area contributed by atoms with E-state index in [4.69, 9.17) is 0 Å². The van der Waals surface area contributed by atoms with Crippen molar-refractivity contribution in [1.82, 2.24) is 10.2 Å². The third-order valence-corrected chi connectivity index (χ3v) is 4.31. The smallest absolute Gasteiger partial charge is 0.326 e. The van der Waals surface area contributed by atoms with E-state index in [9.17, 15) is 14.7 Å². The Morgan fingerprint density at radius 1 is 1.19 bits per heavy atom. The topological polar surface area (TPSA) is 69.6 Å². The van der Waals surface area contributed by atoms with E-state index in [0.29, 0.717) is 18.3 Å². The Labute approximate surface area is 128 Å². The van der Waals surface area contributed by atoms with Crippen molar-refractivity contribution in [3.8, 4) is 0 Å². The van der Waals surface area contributed by atoms with Crippen molar-refractivity contribution < 1.29 is 14.7 Å². The minimum atomic E-state index is -0.952. The third kappa shape index (κ3) is 5.94. The molecule has 1 rings (SSSR count). The van der Waals surface area contributed by atoms with Gasteiger partial charge in [0.2, 0.25) is 0 Å². The highest BCUT2D eigenvalue weighted by molar-refractivity contribution is 5.82. The van der Waals surface area contributed by atoms with E-state index < -0.39 is 12.0 Å². The maximum atomic E-state index is 12.3. The molecule has 2 N–H and O–H groups in total. The van der Waals surface area contributed by atoms with E-state index in [1.165, 1.54) is 0 Å². The van der Waals surface area contributed by atoms with Gasteiger partial charge in [0.15, 0.2) is 0 Å². The monoisotopic (exact) mass is 298 g/mol. The molecule has 0 aromatic rings. The van der Waals surface area contributed by atoms with Crippen LogP contribution < -0.4 is 5.32 Å². The van der Waals surface area contributed by atoms with Gasteiger partial charge in [-0.3, -0.25) is 0 Å². The van der Waals surface area contributed by atoms with Crippen LogP contribution in [0.4, 0.5) is 4.79 Å². The van der Waals surface area contributed by atoms with Gasteiger partial charge in [0.05, 0.1) is 0 Å². The lowest BCUT2D eigenvalue weighted by Gasteiger charge is -2.25. The summed E-state index contributed by atoms with van der Waals surface area (Å²) in [5, 5.41) is 11.9. The number of hydrogen-bond donors (Lipinski definition) is 2. The van der Waals surface area contributed by atoms with E-state index >= 15 is 0 Å². The fourth-order valence-electron chi connectivity index (χ4n) is 2.93. The van der Waals surface area contributed by atoms with Gasteiger partial charge in [-0.05, 0) is 43.4 Å². The molecule has 5 nitrogen and oxygen atoms in total. The summed E-state index contributed by atoms with van der Waals surface area (Å²) >= 11 is 0. The number of rotatable bonds is 5. The second-order valence-corrected chi connectivity index (χ2v) is 6.89. The average molecular weight is 298 g/mol. The molecule has 1 fully saturated rings. The number of nitrogens with one attached hydrogen (secondary N) is 1. The number of hydrogen-bond acceptors (Lipinski definition) is 2. The molecular formula is C16H30N2O3. The van der Waals surface area contributed by atoms with E-state index in [1.807, 2.05) is 13.8 Å². The molecule has 1 saturated heterocycles. The van der Waals surface area contributed by atoms with Crippen molar-refractivity contribution >= 4 is 12.0 Å². The van der Waals surface area contributed by atoms with E-state index in [2.05, 4.69) is 19.2 Å². The number of carbonyl (C=O) groups excluding carboxylic acids is 1. The molecule has 1 aliphatic rings. The molecule has 2 amide bonds. The van der Waals surface area contributed by atoms with Crippen LogP contribution in [0.25, 0.3) is 0 Å². The van der Waals surface area contributed by atoms with Gasteiger partial charge in [0, 0.05) is 13.1 Å². The lowest BCUT2D eigenvalue weighted by Crippen LogP contribution is -2.48. The fraction of sp³-hybridized carbons (Fsp3) is 0.875. The van der Waals surface area contributed by atoms with Crippen molar-refractivity contribution in [2.75, 3.05) is 13.1 Å². The molecule has 0 spiro atoms. The van der Waals surface area contributed by atoms with Crippen LogP contribution in [-0.4, -0.2) is 41.1 Å². The average Bonchev–Trinajstić information content (AvgIpc) is 2.62. The molecular weight excluding hydrogens is 268 g/mol. The molecule has 0 bridgehead atoms. The van der Waals surface area contributed by atoms with Gasteiger partial charge < -0.3 is 15.3 Å². The van der Waals surface area contributed by atoms with Gasteiger partial charge in [0.1, 0.15) is 6.04 Å². The molecule has 1 aliphatic heterocycles. The van der Waals surface area contributed by atoms with Crippen LogP contribution in [-0.2, 0) is 4.79 Å². The van der Waals surface area contributed by atoms with Crippen LogP contribution in [0.5, 0.6) is 0 Å². The number of carboxylic acids is 1. The Morgan fingerprint density at radius 2 is 1.86 bits per heavy atom. The highest BCUT2D eigenvalue weighted by Gasteiger charge is 2.26. The molecule has 21 heavy (non-hydrogen) atoms. The first-order valence-electron chi connectivity index (χ1n) is 8.09. The van der Waals surface area contributed by atoms with Crippen molar-refractivity contribution in [1.29, 1.82) is 0 Å². The summed E-state index contributed by atoms with van der Waals surface area (Å²) in [6.45, 7) is 9.82. The van der Waals surface area contributed by atoms with Gasteiger partial charge in [0.25, 0.3) is 0 Å². The Balaban J connectivity index is 2.55. The predicted molar refractivity (Wildman–Crippen MR) is 83.2 cm³/mol. The molecule has 0 saturated carbocycles. The van der Waals surface area contributed by atoms with Crippen LogP contribution >= 0.6 is 0 Å². The zero-order valence-electron chi connectivity index (χ0n) is 13.8. The first-order valence-corrected chi connectivity index (χ1v) is 8.09. The van der Waals surface area contributed by atoms with E-state index in [1.54, 1.807) is 4.90 Å². The summed E-state index contributed by atoms with van der Waals surface area (Å²) < 4.78 is 0. The normalized spacial score (nSPS) is 21.2. The molecule has 1 unspecified atom stereocenters. The molecule has 0 radical (unpaired) electrons. The lowest BCUT2D eigenvalue weighted by atomic mass is 9.89. The number of carbonyl (C=O) groups is 2. The lowest BCUT2D eigenvalue weighted by molar-refractivity contribution is -0.139. The van der Waals surface area contributed by atoms with Crippen LogP contribution in [0, 0.1) is 17.8 Å². The zero-order chi connectivity index (χ0) is 16.0. The number of urea groups is 1. The number of amides is 2. The van der Waals surface area contributed by atoms with Gasteiger partial charge in [-0.2, -0.15) is 0 Å². The van der Waals surface area contributed by atoms with Gasteiger partial charge >= 0.3 is 12.0 Å². The third-order valence-electron chi connectivity index (χ3n) is 4.31. The molecule has 1 heterocycles. The predicted octanol–water partition coefficient (Wildman–Crippen LogP) is 2.95. The van der Waals surface area contributed by atoms with Crippen LogP contribution in [0.1, 0.15) is 53.4 Å². The maximum absolute atomic E-state index is 12.3. The summed E-state index contributed by atoms with van der Waals surface area (Å²) in [5.41, 5.74) is 0. The van der Waals surface area contributed by atoms with Crippen molar-refractivity contribution in [3.63, 3.8) is 0 Å². The number of aliphatic carboxylic acids is 1. The molecule has 2 atom stereocenters. The minimum Gasteiger partial charge on any atom is -0.480 e. The van der Waals surface area contributed by atoms with Crippen molar-refractivity contribution in [2.45, 2.75) is 59.4 Å². The van der Waals surface area contributed by atoms with E-state index in [-0.39, 0.29) is 11.9 Å². The molecule has 5 heteroatoms. The van der Waals surface area contributed by atoms with Crippen LogP contribution in [0.2, 0.25) is 0 Å². The largest absolute Gasteiger partial charge is 0.480 e. The Morgan fingerprint density at radius 3 is 2.38 bits per heavy atom. The molecule has 0 aliphatic carbocycles. The zero-order valence-corrected chi connectivity index (χ0v) is 13.8. The van der Waals surface area contributed by atoms with Gasteiger partial charge in [-0.25, -0.2) is 9.59 Å². The van der Waals surface area contributed by atoms with Crippen LogP contribution in [0.15, 0.2) is 0 Å². The molecule has 0 aromatic carbocycles. The minimum absolute atomic E-state index is 0.229. The quantitative estimate of drug-likeness (QED) is 0.820. The summed E-state index contributed by atoms with van der Waals surface area (Å²) in [6, 6.07) is -1.02. The standard InChI is InChI=1S/C16H30N2O3/c1-11(2)10-14(15(19)20)17-16(21)18-8-5-6-13(7-9-18)12(3)4/h11-14H,5-10H2,1-4H3,(H,17,21)(H,19,20)/t13?,14-/m1/s1. The first kappa shape index (κ1) is 17.8. The van der Waals surface area contributed by atoms with Crippen molar-refractivity contribution in [3.05, 3.63) is 0 Å². The Hall–Kier alpha value is -1.26. The summed E-state index contributed by atoms with van der Waals surface area (Å²) in [4.78, 5) is 25.3. The van der Waals surface area contributed by atoms with Gasteiger partial charge in [-0.1, -0.05) is 27.7 Å². The summed E-state index contributed by atoms with van der Waals surface area (Å²) in [7, 11) is 0. The number of carboxylic acid groups (broad SMARTS) is 1. The molecule has 0 aromatic heterocycles. The number of nitrogens with zero attached hydrogens (tertiary/aromatic N) is 1. The SMILES string of the molecule is CC(C)C[C@@H](NC(=O)N1CCCC(C(C)C)CC1)C(=O)O. The fourth-order valence-corrected chi connectivity index (χ4v) is 2.93. The highest BCUT2D eigenvalue weighted by Crippen LogP contribution is 2.24. The summed E-state index contributed by atoms with van der Waals surface area (Å²) in [6.07, 6.45) is 3.62. The highest BCUT2D eigenvalue weighted by atomic mass is 16.4. The van der Waals surface area contributed by atoms with E-state index in [0.717, 1.165) is 32.4 Å². The number of likely N-dealkylation sites (tertiary alicyclic amines) is 1.